The van der Waals surface area contributed by atoms with Gasteiger partial charge in [0, 0.05) is 11.3 Å². The molecule has 29 heavy (non-hydrogen) atoms. The van der Waals surface area contributed by atoms with Gasteiger partial charge in [-0.1, -0.05) is 6.92 Å². The molecule has 0 aliphatic rings. The first kappa shape index (κ1) is 20.3. The molecule has 0 saturated carbocycles. The van der Waals surface area contributed by atoms with Crippen LogP contribution in [0.1, 0.15) is 36.5 Å². The number of furan rings is 1. The number of carbonyl (C=O) groups excluding carboxylic acids is 2. The van der Waals surface area contributed by atoms with Crippen LogP contribution in [0.5, 0.6) is 0 Å². The Morgan fingerprint density at radius 3 is 2.59 bits per heavy atom. The van der Waals surface area contributed by atoms with E-state index < -0.39 is 11.9 Å². The summed E-state index contributed by atoms with van der Waals surface area (Å²) < 4.78 is 10.9. The SMILES string of the molecule is CCCN(Cc1nnc(-c2ccco2)o1)[C@@H](C)C(=O)Nc1ccc(C(N)=O)cc1. The number of nitrogens with zero attached hydrogens (tertiary/aromatic N) is 3. The van der Waals surface area contributed by atoms with Gasteiger partial charge in [0.05, 0.1) is 18.8 Å². The van der Waals surface area contributed by atoms with E-state index in [0.717, 1.165) is 6.42 Å². The van der Waals surface area contributed by atoms with Crippen LogP contribution in [0.25, 0.3) is 11.7 Å². The Morgan fingerprint density at radius 2 is 1.97 bits per heavy atom. The number of rotatable bonds is 9. The Bertz CT molecular complexity index is 950. The van der Waals surface area contributed by atoms with Crippen molar-refractivity contribution in [2.45, 2.75) is 32.9 Å². The van der Waals surface area contributed by atoms with Crippen molar-refractivity contribution < 1.29 is 18.4 Å². The molecule has 3 N–H and O–H groups in total. The van der Waals surface area contributed by atoms with Gasteiger partial charge in [0.25, 0.3) is 5.89 Å². The van der Waals surface area contributed by atoms with Gasteiger partial charge in [0.2, 0.25) is 17.7 Å². The van der Waals surface area contributed by atoms with Gasteiger partial charge in [-0.15, -0.1) is 10.2 Å². The van der Waals surface area contributed by atoms with Crippen molar-refractivity contribution in [3.8, 4) is 11.7 Å². The third-order valence-electron chi connectivity index (χ3n) is 4.41. The van der Waals surface area contributed by atoms with Crippen LogP contribution in [0.4, 0.5) is 5.69 Å². The lowest BCUT2D eigenvalue weighted by Gasteiger charge is -2.26. The normalized spacial score (nSPS) is 12.1. The Kier molecular flexibility index (Phi) is 6.40. The van der Waals surface area contributed by atoms with Crippen LogP contribution in [0, 0.1) is 0 Å². The molecule has 1 aromatic carbocycles. The van der Waals surface area contributed by atoms with Crippen LogP contribution in [0.15, 0.2) is 51.5 Å². The highest BCUT2D eigenvalue weighted by Gasteiger charge is 2.23. The van der Waals surface area contributed by atoms with Crippen molar-refractivity contribution in [3.05, 3.63) is 54.1 Å². The van der Waals surface area contributed by atoms with Gasteiger partial charge in [-0.2, -0.15) is 0 Å². The van der Waals surface area contributed by atoms with Crippen LogP contribution in [0.3, 0.4) is 0 Å². The van der Waals surface area contributed by atoms with E-state index >= 15 is 0 Å². The van der Waals surface area contributed by atoms with Gasteiger partial charge in [-0.05, 0) is 56.3 Å². The van der Waals surface area contributed by atoms with E-state index in [1.54, 1.807) is 36.4 Å². The summed E-state index contributed by atoms with van der Waals surface area (Å²) in [7, 11) is 0. The minimum absolute atomic E-state index is 0.184. The average Bonchev–Trinajstić information content (AvgIpc) is 3.39. The summed E-state index contributed by atoms with van der Waals surface area (Å²) >= 11 is 0. The summed E-state index contributed by atoms with van der Waals surface area (Å²) in [5.74, 6) is 0.495. The van der Waals surface area contributed by atoms with Crippen LogP contribution >= 0.6 is 0 Å². The zero-order valence-electron chi connectivity index (χ0n) is 16.3. The molecule has 0 unspecified atom stereocenters. The van der Waals surface area contributed by atoms with E-state index in [1.165, 1.54) is 6.26 Å². The number of hydrogen-bond donors (Lipinski definition) is 2. The number of nitrogens with one attached hydrogen (secondary N) is 1. The lowest BCUT2D eigenvalue weighted by Crippen LogP contribution is -2.42. The van der Waals surface area contributed by atoms with Crippen molar-refractivity contribution >= 4 is 17.5 Å². The molecule has 0 aliphatic carbocycles. The molecule has 9 nitrogen and oxygen atoms in total. The molecule has 0 spiro atoms. The highest BCUT2D eigenvalue weighted by atomic mass is 16.4. The smallest absolute Gasteiger partial charge is 0.283 e. The standard InChI is InChI=1S/C20H23N5O4/c1-3-10-25(12-17-23-24-20(29-17)16-5-4-11-28-16)13(2)19(27)22-15-8-6-14(7-9-15)18(21)26/h4-9,11,13H,3,10,12H2,1-2H3,(H2,21,26)(H,22,27)/t13-/m0/s1. The lowest BCUT2D eigenvalue weighted by molar-refractivity contribution is -0.121. The molecule has 9 heteroatoms. The molecule has 152 valence electrons. The highest BCUT2D eigenvalue weighted by molar-refractivity contribution is 5.96. The fourth-order valence-electron chi connectivity index (χ4n) is 2.82. The number of aromatic nitrogens is 2. The number of benzene rings is 1. The number of primary amides is 1. The summed E-state index contributed by atoms with van der Waals surface area (Å²) in [6.45, 7) is 4.85. The quantitative estimate of drug-likeness (QED) is 0.568. The number of carbonyl (C=O) groups is 2. The molecule has 2 amide bonds. The average molecular weight is 397 g/mol. The molecule has 0 saturated heterocycles. The molecule has 1 atom stereocenters. The van der Waals surface area contributed by atoms with Crippen molar-refractivity contribution in [2.24, 2.45) is 5.73 Å². The Balaban J connectivity index is 1.65. The molecule has 0 bridgehead atoms. The van der Waals surface area contributed by atoms with Crippen molar-refractivity contribution in [1.82, 2.24) is 15.1 Å². The fourth-order valence-corrected chi connectivity index (χ4v) is 2.82. The molecule has 2 heterocycles. The predicted molar refractivity (Wildman–Crippen MR) is 106 cm³/mol. The lowest BCUT2D eigenvalue weighted by atomic mass is 10.2. The zero-order chi connectivity index (χ0) is 20.8. The number of hydrogen-bond acceptors (Lipinski definition) is 7. The summed E-state index contributed by atoms with van der Waals surface area (Å²) in [4.78, 5) is 25.8. The minimum atomic E-state index is -0.515. The summed E-state index contributed by atoms with van der Waals surface area (Å²) in [6.07, 6.45) is 2.38. The highest BCUT2D eigenvalue weighted by Crippen LogP contribution is 2.19. The number of nitrogens with two attached hydrogens (primary N) is 1. The predicted octanol–water partition coefficient (Wildman–Crippen LogP) is 2.67. The van der Waals surface area contributed by atoms with E-state index in [0.29, 0.717) is 41.9 Å². The Morgan fingerprint density at radius 1 is 1.21 bits per heavy atom. The summed E-state index contributed by atoms with van der Waals surface area (Å²) in [5, 5.41) is 10.9. The maximum absolute atomic E-state index is 12.7. The Labute approximate surface area is 167 Å². The van der Waals surface area contributed by atoms with E-state index in [9.17, 15) is 9.59 Å². The minimum Gasteiger partial charge on any atom is -0.459 e. The van der Waals surface area contributed by atoms with Gasteiger partial charge in [-0.3, -0.25) is 14.5 Å². The van der Waals surface area contributed by atoms with Gasteiger partial charge in [0.15, 0.2) is 5.76 Å². The van der Waals surface area contributed by atoms with Crippen LogP contribution in [-0.4, -0.2) is 39.5 Å². The van der Waals surface area contributed by atoms with Crippen molar-refractivity contribution in [2.75, 3.05) is 11.9 Å². The summed E-state index contributed by atoms with van der Waals surface area (Å²) in [5.41, 5.74) is 6.20. The largest absolute Gasteiger partial charge is 0.459 e. The fraction of sp³-hybridized carbons (Fsp3) is 0.300. The van der Waals surface area contributed by atoms with Gasteiger partial charge in [-0.25, -0.2) is 0 Å². The second-order valence-electron chi connectivity index (χ2n) is 6.56. The first-order valence-corrected chi connectivity index (χ1v) is 9.29. The molecule has 3 aromatic rings. The van der Waals surface area contributed by atoms with E-state index in [1.807, 2.05) is 18.7 Å². The summed E-state index contributed by atoms with van der Waals surface area (Å²) in [6, 6.07) is 9.46. The molecular formula is C20H23N5O4. The monoisotopic (exact) mass is 397 g/mol. The van der Waals surface area contributed by atoms with Crippen LogP contribution < -0.4 is 11.1 Å². The van der Waals surface area contributed by atoms with Gasteiger partial charge in [0.1, 0.15) is 0 Å². The van der Waals surface area contributed by atoms with E-state index in [2.05, 4.69) is 15.5 Å². The van der Waals surface area contributed by atoms with Crippen molar-refractivity contribution in [3.63, 3.8) is 0 Å². The van der Waals surface area contributed by atoms with E-state index in [-0.39, 0.29) is 5.91 Å². The van der Waals surface area contributed by atoms with Crippen LogP contribution in [-0.2, 0) is 11.3 Å². The molecule has 3 rings (SSSR count). The van der Waals surface area contributed by atoms with Gasteiger partial charge >= 0.3 is 0 Å². The van der Waals surface area contributed by atoms with Crippen molar-refractivity contribution in [1.29, 1.82) is 0 Å². The maximum Gasteiger partial charge on any atom is 0.283 e. The topological polar surface area (TPSA) is 127 Å². The number of amides is 2. The number of anilines is 1. The molecule has 0 fully saturated rings. The molecule has 2 aromatic heterocycles. The van der Waals surface area contributed by atoms with Gasteiger partial charge < -0.3 is 19.9 Å². The first-order valence-electron chi connectivity index (χ1n) is 9.29. The van der Waals surface area contributed by atoms with E-state index in [4.69, 9.17) is 14.6 Å². The first-order chi connectivity index (χ1) is 14.0. The molecular weight excluding hydrogens is 374 g/mol. The zero-order valence-corrected chi connectivity index (χ0v) is 16.3. The molecule has 0 aliphatic heterocycles. The third kappa shape index (κ3) is 5.08. The van der Waals surface area contributed by atoms with Crippen LogP contribution in [0.2, 0.25) is 0 Å². The Hall–Kier alpha value is -3.46. The molecule has 0 radical (unpaired) electrons. The second-order valence-corrected chi connectivity index (χ2v) is 6.56. The third-order valence-corrected chi connectivity index (χ3v) is 4.41. The second kappa shape index (κ2) is 9.16. The maximum atomic E-state index is 12.7.